The third kappa shape index (κ3) is 14.4. The maximum atomic E-state index is 14.2. The zero-order chi connectivity index (χ0) is 41.5. The fourth-order valence-electron chi connectivity index (χ4n) is 6.43. The van der Waals surface area contributed by atoms with Crippen LogP contribution in [0.2, 0.25) is 0 Å². The number of Topliss-reactive ketones (excluding diaryl/α,β-unsaturated/α-hetero) is 1. The van der Waals surface area contributed by atoms with Crippen LogP contribution in [0.3, 0.4) is 0 Å². The Morgan fingerprint density at radius 3 is 2.46 bits per heavy atom. The number of halogens is 1. The minimum Gasteiger partial charge on any atom is -0.508 e. The number of rotatable bonds is 9. The summed E-state index contributed by atoms with van der Waals surface area (Å²) in [7, 11) is 0. The number of carbonyl (C=O) groups excluding carboxylic acids is 6. The highest BCUT2D eigenvalue weighted by molar-refractivity contribution is 14.1. The molecule has 56 heavy (non-hydrogen) atoms. The van der Waals surface area contributed by atoms with Crippen molar-refractivity contribution in [3.63, 3.8) is 0 Å². The van der Waals surface area contributed by atoms with E-state index < -0.39 is 77.9 Å². The minimum atomic E-state index is -1.41. The highest BCUT2D eigenvalue weighted by Gasteiger charge is 2.38. The van der Waals surface area contributed by atoms with E-state index in [9.17, 15) is 44.1 Å². The summed E-state index contributed by atoms with van der Waals surface area (Å²) in [5.41, 5.74) is 4.16. The highest BCUT2D eigenvalue weighted by atomic mass is 127. The number of hydrogen-bond acceptors (Lipinski definition) is 11. The van der Waals surface area contributed by atoms with Gasteiger partial charge in [0.05, 0.1) is 18.1 Å². The zero-order valence-corrected chi connectivity index (χ0v) is 34.7. The number of nitrogens with one attached hydrogen (secondary N) is 3. The molecule has 0 radical (unpaired) electrons. The lowest BCUT2D eigenvalue weighted by Crippen LogP contribution is -2.62. The standard InChI is InChI=1S/C41H55IN4O10/c1-24(2)36-39(53)43-32(23-28-13-10-14-29(48)22-28)40(54)46-21-11-15-31(45-46)41(55)56-34(25(3)12-9-18-35(42)50)17-8-6-7-16-33(49)27(5)37(51)30(38(52)44-36)20-19-26(4)47/h6-10,12-14,16,18,22,24,27,30-34,36-37,45,48-49,51H,11,15,17,19-21,23H2,1-5H3,(H,43,53)(H,44,52)/b8-6+,16-7+,18-9+,25-12+/t27-,30+,31?,32-,33-,34-,36-,37+/m0/s1. The molecule has 0 saturated carbocycles. The van der Waals surface area contributed by atoms with Gasteiger partial charge >= 0.3 is 5.97 Å². The summed E-state index contributed by atoms with van der Waals surface area (Å²) >= 11 is 1.64. The SMILES string of the molecule is CC(=O)CC[C@H]1C(=O)N[C@@H](C(C)C)C(=O)N[C@@H](Cc2cccc(O)c2)C(=O)N2CCCC(N2)C(=O)O[C@H](/C(C)=C/C=C/C(=O)I)C/C=C/C=C/[C@H](O)[C@H](C)[C@H]1O. The van der Waals surface area contributed by atoms with E-state index in [1.165, 1.54) is 36.2 Å². The number of phenolic OH excluding ortho intramolecular Hbond substituents is 1. The molecule has 0 aromatic heterocycles. The van der Waals surface area contributed by atoms with E-state index >= 15 is 0 Å². The molecule has 3 amide bonds. The van der Waals surface area contributed by atoms with Crippen LogP contribution >= 0.6 is 22.6 Å². The number of cyclic esters (lactones) is 1. The molecule has 1 aromatic rings. The van der Waals surface area contributed by atoms with Crippen molar-refractivity contribution in [3.8, 4) is 5.75 Å². The zero-order valence-electron chi connectivity index (χ0n) is 32.5. The number of aliphatic hydroxyl groups is 2. The van der Waals surface area contributed by atoms with Crippen LogP contribution < -0.4 is 16.1 Å². The molecule has 2 heterocycles. The van der Waals surface area contributed by atoms with Crippen LogP contribution in [0.25, 0.3) is 0 Å². The molecule has 6 N–H and O–H groups in total. The van der Waals surface area contributed by atoms with E-state index in [2.05, 4.69) is 16.1 Å². The predicted octanol–water partition coefficient (Wildman–Crippen LogP) is 3.29. The summed E-state index contributed by atoms with van der Waals surface area (Å²) in [4.78, 5) is 79.2. The lowest BCUT2D eigenvalue weighted by Gasteiger charge is -2.36. The van der Waals surface area contributed by atoms with E-state index in [0.29, 0.717) is 24.0 Å². The van der Waals surface area contributed by atoms with Crippen LogP contribution in [0, 0.1) is 17.8 Å². The summed E-state index contributed by atoms with van der Waals surface area (Å²) in [6, 6.07) is 2.94. The van der Waals surface area contributed by atoms with Crippen molar-refractivity contribution in [1.29, 1.82) is 0 Å². The lowest BCUT2D eigenvalue weighted by molar-refractivity contribution is -0.156. The molecule has 8 atom stereocenters. The first-order valence-electron chi connectivity index (χ1n) is 18.9. The van der Waals surface area contributed by atoms with E-state index in [1.54, 1.807) is 92.8 Å². The number of nitrogens with zero attached hydrogens (tertiary/aromatic N) is 1. The van der Waals surface area contributed by atoms with Crippen LogP contribution in [0.4, 0.5) is 0 Å². The molecule has 0 aliphatic carbocycles. The molecule has 2 aliphatic rings. The van der Waals surface area contributed by atoms with Crippen LogP contribution in [0.5, 0.6) is 5.75 Å². The largest absolute Gasteiger partial charge is 0.508 e. The lowest BCUT2D eigenvalue weighted by atomic mass is 9.84. The second-order valence-corrected chi connectivity index (χ2v) is 15.8. The van der Waals surface area contributed by atoms with Crippen molar-refractivity contribution in [2.24, 2.45) is 17.8 Å². The van der Waals surface area contributed by atoms with Crippen molar-refractivity contribution in [2.45, 2.75) is 110 Å². The van der Waals surface area contributed by atoms with Crippen LogP contribution in [0.15, 0.2) is 72.4 Å². The van der Waals surface area contributed by atoms with Gasteiger partial charge in [0.1, 0.15) is 35.8 Å². The minimum absolute atomic E-state index is 0.0246. The van der Waals surface area contributed by atoms with Crippen molar-refractivity contribution >= 4 is 55.9 Å². The summed E-state index contributed by atoms with van der Waals surface area (Å²) < 4.78 is 5.78. The average Bonchev–Trinajstić information content (AvgIpc) is 3.14. The van der Waals surface area contributed by atoms with Gasteiger partial charge < -0.3 is 35.5 Å². The Hall–Kier alpha value is -4.19. The molecule has 1 unspecified atom stereocenters. The molecular weight excluding hydrogens is 835 g/mol. The summed E-state index contributed by atoms with van der Waals surface area (Å²) in [5.74, 6) is -5.33. The number of hydrazine groups is 1. The van der Waals surface area contributed by atoms with Gasteiger partial charge in [-0.25, -0.2) is 5.43 Å². The molecule has 1 fully saturated rings. The number of hydrogen-bond donors (Lipinski definition) is 6. The maximum Gasteiger partial charge on any atom is 0.325 e. The second-order valence-electron chi connectivity index (χ2n) is 14.7. The smallest absolute Gasteiger partial charge is 0.325 e. The van der Waals surface area contributed by atoms with Crippen molar-refractivity contribution in [2.75, 3.05) is 6.54 Å². The van der Waals surface area contributed by atoms with Crippen LogP contribution in [-0.2, 0) is 39.9 Å². The van der Waals surface area contributed by atoms with Gasteiger partial charge in [0, 0.05) is 54.3 Å². The molecule has 306 valence electrons. The fraction of sp³-hybridized carbons (Fsp3) is 0.512. The molecular formula is C41H55IN4O10. The molecule has 14 nitrogen and oxygen atoms in total. The topological polar surface area (TPSA) is 212 Å². The van der Waals surface area contributed by atoms with Crippen molar-refractivity contribution < 1.29 is 48.8 Å². The molecule has 0 spiro atoms. The Bertz CT molecular complexity index is 1690. The number of benzene rings is 1. The quantitative estimate of drug-likeness (QED) is 0.0697. The molecule has 2 bridgehead atoms. The molecule has 15 heteroatoms. The van der Waals surface area contributed by atoms with Gasteiger partial charge in [0.15, 0.2) is 0 Å². The number of phenols is 1. The first-order chi connectivity index (χ1) is 26.5. The van der Waals surface area contributed by atoms with Gasteiger partial charge in [-0.05, 0) is 68.4 Å². The Kier molecular flexibility index (Phi) is 18.6. The predicted molar refractivity (Wildman–Crippen MR) is 218 cm³/mol. The summed E-state index contributed by atoms with van der Waals surface area (Å²) in [5, 5.41) is 39.4. The third-order valence-corrected chi connectivity index (χ3v) is 10.2. The van der Waals surface area contributed by atoms with Gasteiger partial charge in [0.2, 0.25) is 15.6 Å². The second kappa shape index (κ2) is 22.5. The number of aliphatic hydroxyl groups excluding tert-OH is 2. The fourth-order valence-corrected chi connectivity index (χ4v) is 6.64. The molecule has 1 saturated heterocycles. The molecule has 2 aliphatic heterocycles. The average molecular weight is 891 g/mol. The number of fused-ring (bicyclic) bond motifs is 2. The summed E-state index contributed by atoms with van der Waals surface area (Å²) in [6.07, 6.45) is 8.50. The number of allylic oxidation sites excluding steroid dienone is 5. The van der Waals surface area contributed by atoms with Crippen LogP contribution in [0.1, 0.15) is 72.3 Å². The maximum absolute atomic E-state index is 14.2. The first-order valence-corrected chi connectivity index (χ1v) is 20.0. The van der Waals surface area contributed by atoms with Crippen LogP contribution in [-0.4, -0.2) is 96.6 Å². The van der Waals surface area contributed by atoms with E-state index in [-0.39, 0.29) is 47.6 Å². The number of esters is 1. The van der Waals surface area contributed by atoms with E-state index in [0.717, 1.165) is 0 Å². The normalized spacial score (nSPS) is 29.1. The van der Waals surface area contributed by atoms with E-state index in [1.807, 2.05) is 0 Å². The monoisotopic (exact) mass is 890 g/mol. The van der Waals surface area contributed by atoms with Gasteiger partial charge in [-0.2, -0.15) is 0 Å². The summed E-state index contributed by atoms with van der Waals surface area (Å²) in [6.45, 7) is 8.31. The van der Waals surface area contributed by atoms with Gasteiger partial charge in [0.25, 0.3) is 5.91 Å². The van der Waals surface area contributed by atoms with Crippen molar-refractivity contribution in [1.82, 2.24) is 21.1 Å². The highest BCUT2D eigenvalue weighted by Crippen LogP contribution is 2.24. The Morgan fingerprint density at radius 2 is 1.80 bits per heavy atom. The number of amides is 3. The first kappa shape index (κ1) is 46.2. The Labute approximate surface area is 342 Å². The Morgan fingerprint density at radius 1 is 1.07 bits per heavy atom. The van der Waals surface area contributed by atoms with Gasteiger partial charge in [-0.1, -0.05) is 69.4 Å². The number of carbonyl (C=O) groups is 6. The van der Waals surface area contributed by atoms with Gasteiger partial charge in [-0.3, -0.25) is 29.0 Å². The molecule has 3 rings (SSSR count). The molecule has 1 aromatic carbocycles. The number of aromatic hydroxyl groups is 1. The third-order valence-electron chi connectivity index (χ3n) is 9.84. The van der Waals surface area contributed by atoms with Gasteiger partial charge in [-0.15, -0.1) is 0 Å². The Balaban J connectivity index is 2.08. The van der Waals surface area contributed by atoms with Crippen molar-refractivity contribution in [3.05, 3.63) is 77.9 Å². The number of ether oxygens (including phenoxy) is 1. The number of ketones is 1. The van der Waals surface area contributed by atoms with E-state index in [4.69, 9.17) is 4.74 Å².